The van der Waals surface area contributed by atoms with Gasteiger partial charge in [-0.25, -0.2) is 9.13 Å². The van der Waals surface area contributed by atoms with E-state index < -0.39 is 5.97 Å². The fraction of sp³-hybridized carbons (Fsp3) is 0.417. The van der Waals surface area contributed by atoms with E-state index >= 15 is 0 Å². The Hall–Kier alpha value is -2.62. The second-order valence-corrected chi connectivity index (χ2v) is 6.92. The van der Waals surface area contributed by atoms with Crippen LogP contribution in [-0.2, 0) is 18.4 Å². The van der Waals surface area contributed by atoms with Gasteiger partial charge in [0.15, 0.2) is 0 Å². The predicted octanol–water partition coefficient (Wildman–Crippen LogP) is 4.27. The number of carboxylic acids is 1. The van der Waals surface area contributed by atoms with E-state index in [1.807, 2.05) is 0 Å². The van der Waals surface area contributed by atoms with Gasteiger partial charge in [0.25, 0.3) is 0 Å². The third-order valence-corrected chi connectivity index (χ3v) is 4.25. The molecule has 3 aromatic rings. The summed E-state index contributed by atoms with van der Waals surface area (Å²) in [7, 11) is 2.07. The van der Waals surface area contributed by atoms with Crippen molar-refractivity contribution < 1.29 is 14.5 Å². The van der Waals surface area contributed by atoms with Crippen LogP contribution in [0.5, 0.6) is 0 Å². The Morgan fingerprint density at radius 2 is 1.39 bits per heavy atom. The van der Waals surface area contributed by atoms with Crippen molar-refractivity contribution in [3.63, 3.8) is 0 Å². The molecule has 0 N–H and O–H groups in total. The lowest BCUT2D eigenvalue weighted by Gasteiger charge is -1.98. The van der Waals surface area contributed by atoms with Crippen molar-refractivity contribution >= 4 is 16.7 Å². The molecule has 152 valence electrons. The van der Waals surface area contributed by atoms with Crippen molar-refractivity contribution in [3.8, 4) is 0 Å². The molecule has 0 unspecified atom stereocenters. The molecule has 0 aliphatic rings. The van der Waals surface area contributed by atoms with Gasteiger partial charge in [0.2, 0.25) is 6.33 Å². The van der Waals surface area contributed by atoms with Gasteiger partial charge in [-0.05, 0) is 30.5 Å². The number of fused-ring (bicyclic) bond motifs is 1. The summed E-state index contributed by atoms with van der Waals surface area (Å²) < 4.78 is 4.36. The first-order chi connectivity index (χ1) is 13.5. The van der Waals surface area contributed by atoms with Gasteiger partial charge in [-0.1, -0.05) is 81.1 Å². The summed E-state index contributed by atoms with van der Waals surface area (Å²) in [6, 6.07) is 16.7. The highest BCUT2D eigenvalue weighted by molar-refractivity contribution is 5.81. The minimum atomic E-state index is -1.08. The predicted molar refractivity (Wildman–Crippen MR) is 114 cm³/mol. The number of imidazole rings is 1. The third-order valence-electron chi connectivity index (χ3n) is 4.25. The number of hydrogen-bond acceptors (Lipinski definition) is 2. The van der Waals surface area contributed by atoms with Crippen molar-refractivity contribution in [1.82, 2.24) is 4.57 Å². The first-order valence-corrected chi connectivity index (χ1v) is 10.1. The van der Waals surface area contributed by atoms with Crippen LogP contribution in [-0.4, -0.2) is 10.5 Å². The first-order valence-electron chi connectivity index (χ1n) is 10.1. The number of nitrogens with zero attached hydrogens (tertiary/aromatic N) is 2. The first kappa shape index (κ1) is 23.4. The van der Waals surface area contributed by atoms with Crippen LogP contribution >= 0.6 is 0 Å². The van der Waals surface area contributed by atoms with Gasteiger partial charge >= 0.3 is 0 Å². The molecule has 3 rings (SSSR count). The standard InChI is InChI=1S/C12H23N2.C10H8.C2H4O2/c1-3-4-5-6-7-8-9-14-11-10-13(2)12-14;1-2-6-10-8-4-3-7-9(10)5-1;1-2(3)4/h10-12H,3-9H2,1-2H3;1-8H;1H3,(H,3,4)/q+1;;/p-1. The second kappa shape index (κ2) is 14.4. The second-order valence-electron chi connectivity index (χ2n) is 6.92. The van der Waals surface area contributed by atoms with E-state index in [2.05, 4.69) is 90.4 Å². The third kappa shape index (κ3) is 11.2. The maximum absolute atomic E-state index is 8.89. The van der Waals surface area contributed by atoms with Gasteiger partial charge in [-0.15, -0.1) is 0 Å². The van der Waals surface area contributed by atoms with Gasteiger partial charge < -0.3 is 9.90 Å². The average Bonchev–Trinajstić information content (AvgIpc) is 3.10. The lowest BCUT2D eigenvalue weighted by Crippen LogP contribution is -2.23. The molecule has 1 aromatic heterocycles. The number of benzene rings is 2. The van der Waals surface area contributed by atoms with Gasteiger partial charge in [0, 0.05) is 5.97 Å². The molecule has 0 aliphatic carbocycles. The zero-order chi connectivity index (χ0) is 20.6. The van der Waals surface area contributed by atoms with E-state index in [1.54, 1.807) is 0 Å². The Morgan fingerprint density at radius 1 is 0.929 bits per heavy atom. The molecular formula is C24H34N2O2. The summed E-state index contributed by atoms with van der Waals surface area (Å²) in [6.45, 7) is 4.41. The SMILES string of the molecule is CC(=O)[O-].CCCCCCCCn1cc[n+](C)c1.c1ccc2ccccc2c1. The summed E-state index contributed by atoms with van der Waals surface area (Å²) in [5.74, 6) is -1.08. The fourth-order valence-corrected chi connectivity index (χ4v) is 2.84. The molecule has 0 saturated heterocycles. The molecule has 0 fully saturated rings. The lowest BCUT2D eigenvalue weighted by molar-refractivity contribution is -0.671. The van der Waals surface area contributed by atoms with Crippen LogP contribution < -0.4 is 9.67 Å². The van der Waals surface area contributed by atoms with E-state index in [4.69, 9.17) is 9.90 Å². The van der Waals surface area contributed by atoms with Crippen molar-refractivity contribution in [1.29, 1.82) is 0 Å². The van der Waals surface area contributed by atoms with Gasteiger partial charge in [0.05, 0.1) is 13.6 Å². The average molecular weight is 383 g/mol. The fourth-order valence-electron chi connectivity index (χ4n) is 2.84. The maximum Gasteiger partial charge on any atom is 0.243 e. The van der Waals surface area contributed by atoms with E-state index in [0.717, 1.165) is 6.92 Å². The van der Waals surface area contributed by atoms with Crippen LogP contribution in [0.4, 0.5) is 0 Å². The van der Waals surface area contributed by atoms with Gasteiger partial charge in [0.1, 0.15) is 12.4 Å². The number of carbonyl (C=O) groups is 1. The minimum absolute atomic E-state index is 0.972. The van der Waals surface area contributed by atoms with Crippen LogP contribution in [0.25, 0.3) is 10.8 Å². The molecule has 4 nitrogen and oxygen atoms in total. The molecule has 0 saturated carbocycles. The number of carboxylic acid groups (broad SMARTS) is 1. The highest BCUT2D eigenvalue weighted by Crippen LogP contribution is 2.11. The number of aryl methyl sites for hydroxylation is 2. The van der Waals surface area contributed by atoms with Crippen molar-refractivity contribution in [2.45, 2.75) is 58.9 Å². The topological polar surface area (TPSA) is 48.9 Å². The minimum Gasteiger partial charge on any atom is -0.550 e. The Labute approximate surface area is 169 Å². The molecule has 1 heterocycles. The highest BCUT2D eigenvalue weighted by atomic mass is 16.4. The Bertz CT molecular complexity index is 726. The zero-order valence-corrected chi connectivity index (χ0v) is 17.5. The van der Waals surface area contributed by atoms with Crippen LogP contribution in [0.15, 0.2) is 67.3 Å². The maximum atomic E-state index is 8.89. The molecule has 4 heteroatoms. The molecule has 0 aliphatic heterocycles. The van der Waals surface area contributed by atoms with E-state index in [-0.39, 0.29) is 0 Å². The summed E-state index contributed by atoms with van der Waals surface area (Å²) in [5.41, 5.74) is 0. The van der Waals surface area contributed by atoms with Crippen molar-refractivity contribution in [3.05, 3.63) is 67.3 Å². The Balaban J connectivity index is 0.000000243. The number of rotatable bonds is 7. The molecule has 0 atom stereocenters. The lowest BCUT2D eigenvalue weighted by atomic mass is 10.1. The Morgan fingerprint density at radius 3 is 1.82 bits per heavy atom. The molecule has 0 amide bonds. The summed E-state index contributed by atoms with van der Waals surface area (Å²) >= 11 is 0. The molecular weight excluding hydrogens is 348 g/mol. The quantitative estimate of drug-likeness (QED) is 0.453. The number of aromatic nitrogens is 2. The van der Waals surface area contributed by atoms with E-state index in [9.17, 15) is 0 Å². The molecule has 0 spiro atoms. The van der Waals surface area contributed by atoms with Crippen LogP contribution in [0.2, 0.25) is 0 Å². The van der Waals surface area contributed by atoms with Gasteiger partial charge in [-0.3, -0.25) is 0 Å². The molecule has 0 radical (unpaired) electrons. The number of unbranched alkanes of at least 4 members (excludes halogenated alkanes) is 5. The van der Waals surface area contributed by atoms with Crippen LogP contribution in [0.1, 0.15) is 52.4 Å². The largest absolute Gasteiger partial charge is 0.550 e. The molecule has 0 bridgehead atoms. The van der Waals surface area contributed by atoms with E-state index in [1.165, 1.54) is 55.8 Å². The zero-order valence-electron chi connectivity index (χ0n) is 17.5. The summed E-state index contributed by atoms with van der Waals surface area (Å²) in [5, 5.41) is 11.5. The highest BCUT2D eigenvalue weighted by Gasteiger charge is 1.98. The monoisotopic (exact) mass is 382 g/mol. The van der Waals surface area contributed by atoms with Crippen LogP contribution in [0, 0.1) is 0 Å². The van der Waals surface area contributed by atoms with Crippen molar-refractivity contribution in [2.24, 2.45) is 7.05 Å². The normalized spacial score (nSPS) is 9.82. The molecule has 2 aromatic carbocycles. The number of carbonyl (C=O) groups excluding carboxylic acids is 1. The summed E-state index contributed by atoms with van der Waals surface area (Å²) in [4.78, 5) is 8.89. The van der Waals surface area contributed by atoms with Gasteiger partial charge in [-0.2, -0.15) is 0 Å². The smallest absolute Gasteiger partial charge is 0.243 e. The molecule has 28 heavy (non-hydrogen) atoms. The summed E-state index contributed by atoms with van der Waals surface area (Å²) in [6.07, 6.45) is 14.6. The number of hydrogen-bond donors (Lipinski definition) is 0. The Kier molecular flexibility index (Phi) is 12.1. The van der Waals surface area contributed by atoms with E-state index in [0.29, 0.717) is 0 Å². The van der Waals surface area contributed by atoms with Crippen LogP contribution in [0.3, 0.4) is 0 Å². The number of aliphatic carboxylic acids is 1. The van der Waals surface area contributed by atoms with Crippen molar-refractivity contribution in [2.75, 3.05) is 0 Å².